The smallest absolute Gasteiger partial charge is 0.0845 e. The number of benzene rings is 2. The first-order chi connectivity index (χ1) is 14.1. The lowest BCUT2D eigenvalue weighted by molar-refractivity contribution is 0.124. The second kappa shape index (κ2) is 12.3. The van der Waals surface area contributed by atoms with Gasteiger partial charge in [-0.05, 0) is 62.8 Å². The van der Waals surface area contributed by atoms with E-state index >= 15 is 0 Å². The predicted molar refractivity (Wildman–Crippen MR) is 127 cm³/mol. The molecule has 0 aliphatic rings. The number of hydrogen-bond donors (Lipinski definition) is 1. The van der Waals surface area contributed by atoms with Crippen LogP contribution in [0.3, 0.4) is 0 Å². The Morgan fingerprint density at radius 1 is 0.759 bits per heavy atom. The van der Waals surface area contributed by atoms with Crippen LogP contribution in [-0.4, -0.2) is 55.4 Å². The van der Waals surface area contributed by atoms with Crippen molar-refractivity contribution in [2.24, 2.45) is 0 Å². The number of nitrogens with zero attached hydrogens (tertiary/aromatic N) is 3. The molecule has 4 heteroatoms. The third kappa shape index (κ3) is 7.22. The summed E-state index contributed by atoms with van der Waals surface area (Å²) in [6.45, 7) is 13.8. The Labute approximate surface area is 177 Å². The molecule has 158 valence electrons. The second-order valence-electron chi connectivity index (χ2n) is 7.21. The number of rotatable bonds is 12. The Hall–Kier alpha value is -2.30. The maximum atomic E-state index is 10.6. The van der Waals surface area contributed by atoms with Crippen LogP contribution in [-0.2, 0) is 0 Å². The van der Waals surface area contributed by atoms with E-state index < -0.39 is 6.10 Å². The van der Waals surface area contributed by atoms with Crippen molar-refractivity contribution >= 4 is 17.5 Å². The molecule has 2 aromatic rings. The van der Waals surface area contributed by atoms with E-state index in [1.807, 2.05) is 18.2 Å². The van der Waals surface area contributed by atoms with Crippen LogP contribution in [0, 0.1) is 0 Å². The van der Waals surface area contributed by atoms with E-state index in [1.165, 1.54) is 5.69 Å². The highest BCUT2D eigenvalue weighted by molar-refractivity contribution is 5.60. The third-order valence-electron chi connectivity index (χ3n) is 5.33. The quantitative estimate of drug-likeness (QED) is 0.564. The molecule has 1 unspecified atom stereocenters. The van der Waals surface area contributed by atoms with Crippen molar-refractivity contribution in [2.75, 3.05) is 49.1 Å². The number of aliphatic hydroxyl groups excluding tert-OH is 1. The van der Waals surface area contributed by atoms with Crippen molar-refractivity contribution in [3.63, 3.8) is 0 Å². The van der Waals surface area contributed by atoms with Gasteiger partial charge in [0.05, 0.1) is 6.10 Å². The Kier molecular flexibility index (Phi) is 9.75. The van der Waals surface area contributed by atoms with Gasteiger partial charge in [0.2, 0.25) is 0 Å². The summed E-state index contributed by atoms with van der Waals surface area (Å²) in [6.07, 6.45) is 3.78. The van der Waals surface area contributed by atoms with Crippen LogP contribution in [0.4, 0.5) is 11.4 Å². The van der Waals surface area contributed by atoms with Crippen LogP contribution >= 0.6 is 0 Å². The maximum absolute atomic E-state index is 10.6. The summed E-state index contributed by atoms with van der Waals surface area (Å²) in [5.74, 6) is 0. The Morgan fingerprint density at radius 2 is 1.38 bits per heavy atom. The van der Waals surface area contributed by atoms with E-state index in [0.717, 1.165) is 37.4 Å². The molecule has 0 amide bonds. The molecule has 0 bridgehead atoms. The fourth-order valence-corrected chi connectivity index (χ4v) is 3.50. The molecule has 0 aliphatic heterocycles. The molecule has 0 heterocycles. The first-order valence-corrected chi connectivity index (χ1v) is 10.9. The molecule has 4 nitrogen and oxygen atoms in total. The van der Waals surface area contributed by atoms with Crippen molar-refractivity contribution in [1.29, 1.82) is 0 Å². The number of para-hydroxylation sites is 1. The van der Waals surface area contributed by atoms with Gasteiger partial charge in [-0.3, -0.25) is 0 Å². The molecular weight excluding hydrogens is 358 g/mol. The van der Waals surface area contributed by atoms with Crippen LogP contribution in [0.2, 0.25) is 0 Å². The third-order valence-corrected chi connectivity index (χ3v) is 5.33. The SMILES string of the molecule is CCN(CC)CC(O)CN(C=Cc1ccc(N(CC)CC)cc1)c1ccccc1. The zero-order chi connectivity index (χ0) is 21.1. The van der Waals surface area contributed by atoms with Gasteiger partial charge in [-0.1, -0.05) is 44.2 Å². The largest absolute Gasteiger partial charge is 0.390 e. The molecular formula is C25H37N3O. The van der Waals surface area contributed by atoms with E-state index in [2.05, 4.69) is 91.1 Å². The first kappa shape index (κ1) is 23.0. The summed E-state index contributed by atoms with van der Waals surface area (Å²) in [7, 11) is 0. The number of likely N-dealkylation sites (N-methyl/N-ethyl adjacent to an activating group) is 1. The van der Waals surface area contributed by atoms with Gasteiger partial charge in [0.1, 0.15) is 0 Å². The van der Waals surface area contributed by atoms with Gasteiger partial charge in [-0.2, -0.15) is 0 Å². The minimum Gasteiger partial charge on any atom is -0.390 e. The van der Waals surface area contributed by atoms with E-state index in [9.17, 15) is 5.11 Å². The van der Waals surface area contributed by atoms with Gasteiger partial charge >= 0.3 is 0 Å². The summed E-state index contributed by atoms with van der Waals surface area (Å²) in [5.41, 5.74) is 3.49. The Balaban J connectivity index is 2.13. The van der Waals surface area contributed by atoms with Crippen molar-refractivity contribution in [3.8, 4) is 0 Å². The fraction of sp³-hybridized carbons (Fsp3) is 0.440. The van der Waals surface area contributed by atoms with Gasteiger partial charge in [0.15, 0.2) is 0 Å². The lowest BCUT2D eigenvalue weighted by Gasteiger charge is -2.27. The lowest BCUT2D eigenvalue weighted by atomic mass is 10.2. The van der Waals surface area contributed by atoms with E-state index in [1.54, 1.807) is 0 Å². The second-order valence-corrected chi connectivity index (χ2v) is 7.21. The van der Waals surface area contributed by atoms with E-state index in [0.29, 0.717) is 13.1 Å². The van der Waals surface area contributed by atoms with Crippen LogP contribution in [0.15, 0.2) is 60.8 Å². The first-order valence-electron chi connectivity index (χ1n) is 10.9. The lowest BCUT2D eigenvalue weighted by Crippen LogP contribution is -2.38. The molecule has 1 atom stereocenters. The fourth-order valence-electron chi connectivity index (χ4n) is 3.50. The minimum atomic E-state index is -0.412. The van der Waals surface area contributed by atoms with Crippen molar-refractivity contribution < 1.29 is 5.11 Å². The summed E-state index contributed by atoms with van der Waals surface area (Å²) in [5, 5.41) is 10.6. The van der Waals surface area contributed by atoms with Gasteiger partial charge in [-0.25, -0.2) is 0 Å². The summed E-state index contributed by atoms with van der Waals surface area (Å²) < 4.78 is 0. The average Bonchev–Trinajstić information content (AvgIpc) is 2.77. The normalized spacial score (nSPS) is 12.5. The zero-order valence-corrected chi connectivity index (χ0v) is 18.5. The van der Waals surface area contributed by atoms with Gasteiger partial charge in [0.25, 0.3) is 0 Å². The summed E-state index contributed by atoms with van der Waals surface area (Å²) >= 11 is 0. The molecule has 0 spiro atoms. The predicted octanol–water partition coefficient (Wildman–Crippen LogP) is 4.71. The maximum Gasteiger partial charge on any atom is 0.0845 e. The molecule has 2 aromatic carbocycles. The highest BCUT2D eigenvalue weighted by Crippen LogP contribution is 2.18. The molecule has 0 fully saturated rings. The molecule has 29 heavy (non-hydrogen) atoms. The van der Waals surface area contributed by atoms with Crippen molar-refractivity contribution in [2.45, 2.75) is 33.8 Å². The topological polar surface area (TPSA) is 30.0 Å². The van der Waals surface area contributed by atoms with Crippen molar-refractivity contribution in [1.82, 2.24) is 4.90 Å². The minimum absolute atomic E-state index is 0.412. The van der Waals surface area contributed by atoms with Gasteiger partial charge < -0.3 is 19.8 Å². The molecule has 2 rings (SSSR count). The number of aliphatic hydroxyl groups is 1. The van der Waals surface area contributed by atoms with Crippen LogP contribution in [0.5, 0.6) is 0 Å². The summed E-state index contributed by atoms with van der Waals surface area (Å²) in [4.78, 5) is 6.73. The van der Waals surface area contributed by atoms with E-state index in [-0.39, 0.29) is 0 Å². The Bertz CT molecular complexity index is 707. The van der Waals surface area contributed by atoms with Crippen LogP contribution in [0.1, 0.15) is 33.3 Å². The molecule has 0 aromatic heterocycles. The number of hydrogen-bond acceptors (Lipinski definition) is 4. The molecule has 0 saturated carbocycles. The van der Waals surface area contributed by atoms with Crippen molar-refractivity contribution in [3.05, 3.63) is 66.4 Å². The molecule has 0 aliphatic carbocycles. The summed E-state index contributed by atoms with van der Waals surface area (Å²) in [6, 6.07) is 18.9. The molecule has 0 saturated heterocycles. The van der Waals surface area contributed by atoms with E-state index in [4.69, 9.17) is 0 Å². The highest BCUT2D eigenvalue weighted by atomic mass is 16.3. The molecule has 1 N–H and O–H groups in total. The average molecular weight is 396 g/mol. The zero-order valence-electron chi connectivity index (χ0n) is 18.5. The van der Waals surface area contributed by atoms with Gasteiger partial charge in [-0.15, -0.1) is 0 Å². The van der Waals surface area contributed by atoms with Crippen LogP contribution < -0.4 is 9.80 Å². The van der Waals surface area contributed by atoms with Crippen LogP contribution in [0.25, 0.3) is 6.08 Å². The Morgan fingerprint density at radius 3 is 1.93 bits per heavy atom. The molecule has 0 radical (unpaired) electrons. The highest BCUT2D eigenvalue weighted by Gasteiger charge is 2.13. The standard InChI is InChI=1S/C25H37N3O/c1-5-26(6-2)20-25(29)21-28(23-12-10-9-11-13-23)19-18-22-14-16-24(17-15-22)27(7-3)8-4/h9-19,25,29H,5-8,20-21H2,1-4H3. The monoisotopic (exact) mass is 395 g/mol. The number of anilines is 2. The van der Waals surface area contributed by atoms with Gasteiger partial charge in [0, 0.05) is 43.8 Å².